The zero-order valence-corrected chi connectivity index (χ0v) is 33.5. The number of carbonyl (C=O) groups excluding carboxylic acids is 9. The Kier molecular flexibility index (Phi) is 22.1. The fourth-order valence-corrected chi connectivity index (χ4v) is 6.90. The van der Waals surface area contributed by atoms with Crippen LogP contribution in [0.4, 0.5) is 0 Å². The van der Waals surface area contributed by atoms with Crippen molar-refractivity contribution < 1.29 is 48.0 Å². The van der Waals surface area contributed by atoms with Crippen LogP contribution in [0.15, 0.2) is 4.99 Å². The van der Waals surface area contributed by atoms with Gasteiger partial charge in [-0.2, -0.15) is 0 Å². The van der Waals surface area contributed by atoms with E-state index in [0.29, 0.717) is 63.1 Å². The molecule has 8 amide bonds. The Morgan fingerprint density at radius 1 is 0.596 bits per heavy atom. The van der Waals surface area contributed by atoms with Gasteiger partial charge in [0.15, 0.2) is 0 Å². The highest BCUT2D eigenvalue weighted by Gasteiger charge is 2.32. The molecule has 0 aromatic rings. The van der Waals surface area contributed by atoms with Gasteiger partial charge >= 0.3 is 5.97 Å². The maximum Gasteiger partial charge on any atom is 0.333 e. The van der Waals surface area contributed by atoms with Crippen molar-refractivity contribution in [3.63, 3.8) is 0 Å². The van der Waals surface area contributed by atoms with Gasteiger partial charge in [0.25, 0.3) is 11.8 Å². The second kappa shape index (κ2) is 27.0. The van der Waals surface area contributed by atoms with Crippen molar-refractivity contribution in [3.05, 3.63) is 0 Å². The minimum atomic E-state index is -0.770. The smallest absolute Gasteiger partial charge is 0.333 e. The normalized spacial score (nSPS) is 15.8. The summed E-state index contributed by atoms with van der Waals surface area (Å²) in [5.41, 5.74) is 0.990. The second-order valence-corrected chi connectivity index (χ2v) is 15.1. The zero-order valence-electron chi connectivity index (χ0n) is 33.5. The lowest BCUT2D eigenvalue weighted by atomic mass is 9.95. The van der Waals surface area contributed by atoms with Crippen LogP contribution in [0.5, 0.6) is 0 Å². The number of hydrogen-bond acceptors (Lipinski definition) is 10. The lowest BCUT2D eigenvalue weighted by molar-refractivity contribution is -0.197. The quantitative estimate of drug-likeness (QED) is 0.0779. The lowest BCUT2D eigenvalue weighted by Gasteiger charge is -2.22. The first-order valence-corrected chi connectivity index (χ1v) is 21.0. The van der Waals surface area contributed by atoms with Gasteiger partial charge < -0.3 is 31.0 Å². The molecule has 0 unspecified atom stereocenters. The third-order valence-corrected chi connectivity index (χ3v) is 10.2. The van der Waals surface area contributed by atoms with Crippen LogP contribution in [0.3, 0.4) is 0 Å². The summed E-state index contributed by atoms with van der Waals surface area (Å²) < 4.78 is 0. The number of imide groups is 1. The van der Waals surface area contributed by atoms with Crippen LogP contribution < -0.4 is 21.3 Å². The Hall–Kier alpha value is -4.70. The predicted molar refractivity (Wildman–Crippen MR) is 209 cm³/mol. The van der Waals surface area contributed by atoms with Gasteiger partial charge in [0.2, 0.25) is 35.4 Å². The number of hydroxylamine groups is 2. The van der Waals surface area contributed by atoms with Gasteiger partial charge in [-0.1, -0.05) is 38.5 Å². The molecule has 1 saturated heterocycles. The number of carbonyl (C=O) groups is 9. The van der Waals surface area contributed by atoms with Crippen LogP contribution in [-0.4, -0.2) is 108 Å². The molecule has 0 spiro atoms. The molecule has 318 valence electrons. The first-order valence-electron chi connectivity index (χ1n) is 21.0. The molecule has 57 heavy (non-hydrogen) atoms. The average Bonchev–Trinajstić information content (AvgIpc) is 3.50. The second-order valence-electron chi connectivity index (χ2n) is 15.1. The Balaban J connectivity index is 1.36. The van der Waals surface area contributed by atoms with Crippen molar-refractivity contribution in [1.29, 1.82) is 0 Å². The highest BCUT2D eigenvalue weighted by Crippen LogP contribution is 2.18. The van der Waals surface area contributed by atoms with E-state index >= 15 is 0 Å². The van der Waals surface area contributed by atoms with Crippen molar-refractivity contribution in [2.45, 2.75) is 160 Å². The van der Waals surface area contributed by atoms with Crippen LogP contribution in [-0.2, 0) is 48.0 Å². The number of hydrogen-bond donors (Lipinski definition) is 4. The molecular formula is C40H63N7O10. The third-order valence-electron chi connectivity index (χ3n) is 10.2. The summed E-state index contributed by atoms with van der Waals surface area (Å²) in [6, 6.07) is 0.270. The van der Waals surface area contributed by atoms with Gasteiger partial charge in [-0.05, 0) is 77.0 Å². The molecule has 1 aliphatic heterocycles. The summed E-state index contributed by atoms with van der Waals surface area (Å²) in [6.07, 6.45) is 15.8. The van der Waals surface area contributed by atoms with Gasteiger partial charge in [-0.15, -0.1) is 5.06 Å². The Morgan fingerprint density at radius 3 is 1.77 bits per heavy atom. The predicted octanol–water partition coefficient (Wildman–Crippen LogP) is 2.83. The highest BCUT2D eigenvalue weighted by molar-refractivity contribution is 6.01. The van der Waals surface area contributed by atoms with E-state index in [9.17, 15) is 43.2 Å². The van der Waals surface area contributed by atoms with Crippen LogP contribution in [0.25, 0.3) is 0 Å². The highest BCUT2D eigenvalue weighted by atomic mass is 16.7. The van der Waals surface area contributed by atoms with Gasteiger partial charge in [0.1, 0.15) is 13.1 Å². The number of nitrogens with one attached hydrogen (secondary N) is 4. The summed E-state index contributed by atoms with van der Waals surface area (Å²) in [7, 11) is 0. The molecule has 3 rings (SSSR count). The number of rotatable bonds is 25. The van der Waals surface area contributed by atoms with E-state index in [-0.39, 0.29) is 56.4 Å². The molecule has 1 heterocycles. The molecule has 0 radical (unpaired) electrons. The van der Waals surface area contributed by atoms with E-state index < -0.39 is 61.0 Å². The van der Waals surface area contributed by atoms with Crippen molar-refractivity contribution >= 4 is 58.9 Å². The molecule has 17 heteroatoms. The van der Waals surface area contributed by atoms with Crippen LogP contribution in [0, 0.1) is 0 Å². The van der Waals surface area contributed by atoms with Crippen LogP contribution >= 0.6 is 0 Å². The Bertz CT molecular complexity index is 1400. The van der Waals surface area contributed by atoms with Crippen molar-refractivity contribution in [2.24, 2.45) is 4.99 Å². The molecule has 0 aromatic carbocycles. The number of unbranched alkanes of at least 4 members (excludes halogenated alkanes) is 5. The zero-order chi connectivity index (χ0) is 41.3. The summed E-state index contributed by atoms with van der Waals surface area (Å²) in [6.45, 7) is -0.606. The van der Waals surface area contributed by atoms with Gasteiger partial charge in [0.05, 0.1) is 6.54 Å². The minimum absolute atomic E-state index is 0.0124. The topological polar surface area (TPSA) is 230 Å². The summed E-state index contributed by atoms with van der Waals surface area (Å²) >= 11 is 0. The van der Waals surface area contributed by atoms with Crippen LogP contribution in [0.2, 0.25) is 0 Å². The summed E-state index contributed by atoms with van der Waals surface area (Å²) in [5.74, 6) is -4.05. The monoisotopic (exact) mass is 801 g/mol. The third kappa shape index (κ3) is 20.3. The molecule has 3 fully saturated rings. The summed E-state index contributed by atoms with van der Waals surface area (Å²) in [4.78, 5) is 121. The lowest BCUT2D eigenvalue weighted by Crippen LogP contribution is -2.49. The molecule has 0 atom stereocenters. The van der Waals surface area contributed by atoms with E-state index in [2.05, 4.69) is 26.3 Å². The molecule has 2 saturated carbocycles. The molecule has 0 aromatic heterocycles. The Morgan fingerprint density at radius 2 is 1.14 bits per heavy atom. The van der Waals surface area contributed by atoms with E-state index in [1.807, 2.05) is 0 Å². The maximum absolute atomic E-state index is 13.1. The first kappa shape index (κ1) is 46.7. The average molecular weight is 802 g/mol. The van der Waals surface area contributed by atoms with Crippen molar-refractivity contribution in [1.82, 2.24) is 31.2 Å². The molecule has 0 bridgehead atoms. The SMILES string of the molecule is O=C(CCCCCNC(=O)CN(CC(=O)NCCCCCC(=O)NC1CCCCC1)C(=O)CNC(=O)CCCCC(=O)ON1C(=O)CCC1=O)N=C1CCCCC1. The van der Waals surface area contributed by atoms with E-state index in [0.717, 1.165) is 68.4 Å². The minimum Gasteiger partial charge on any atom is -0.355 e. The van der Waals surface area contributed by atoms with Crippen molar-refractivity contribution in [2.75, 3.05) is 32.7 Å². The van der Waals surface area contributed by atoms with Crippen molar-refractivity contribution in [3.8, 4) is 0 Å². The fourth-order valence-electron chi connectivity index (χ4n) is 6.90. The molecule has 2 aliphatic carbocycles. The molecule has 17 nitrogen and oxygen atoms in total. The molecule has 4 N–H and O–H groups in total. The largest absolute Gasteiger partial charge is 0.355 e. The number of aliphatic imine (C=N–C) groups is 1. The van der Waals surface area contributed by atoms with Gasteiger partial charge in [0, 0.05) is 63.4 Å². The maximum atomic E-state index is 13.1. The van der Waals surface area contributed by atoms with Gasteiger partial charge in [-0.3, -0.25) is 38.4 Å². The summed E-state index contributed by atoms with van der Waals surface area (Å²) in [5, 5.41) is 11.6. The first-order chi connectivity index (χ1) is 27.5. The number of nitrogens with zero attached hydrogens (tertiary/aromatic N) is 3. The fraction of sp³-hybridized carbons (Fsp3) is 0.750. The van der Waals surface area contributed by atoms with Crippen LogP contribution in [0.1, 0.15) is 154 Å². The Labute approximate surface area is 335 Å². The molecule has 3 aliphatic rings. The van der Waals surface area contributed by atoms with E-state index in [1.165, 1.54) is 12.8 Å². The molecular weight excluding hydrogens is 738 g/mol. The van der Waals surface area contributed by atoms with Gasteiger partial charge in [-0.25, -0.2) is 9.79 Å². The standard InChI is InChI=1S/C40H63N7O10/c48-32(19-11-12-22-40(56)57-47-37(53)23-24-38(47)54)43-27-39(55)46(28-35(51)41-25-13-3-9-20-33(49)44-30-15-5-1-6-16-30)29-36(52)42-26-14-4-10-21-34(50)45-31-17-7-2-8-18-31/h30H,1-29H2,(H,41,51)(H,42,52)(H,43,48)(H,44,49). The van der Waals surface area contributed by atoms with E-state index in [4.69, 9.17) is 4.84 Å². The van der Waals surface area contributed by atoms with E-state index in [1.54, 1.807) is 0 Å². The number of amides is 8.